The zero-order chi connectivity index (χ0) is 7.98. The van der Waals surface area contributed by atoms with E-state index in [1.165, 1.54) is 0 Å². The summed E-state index contributed by atoms with van der Waals surface area (Å²) in [6, 6.07) is 0. The van der Waals surface area contributed by atoms with Gasteiger partial charge in [-0.2, -0.15) is 0 Å². The lowest BCUT2D eigenvalue weighted by Gasteiger charge is -2.05. The number of hydrogen-bond donors (Lipinski definition) is 2. The van der Waals surface area contributed by atoms with Gasteiger partial charge in [-0.15, -0.1) is 0 Å². The van der Waals surface area contributed by atoms with Crippen LogP contribution < -0.4 is 5.32 Å². The molecule has 0 aromatic rings. The third-order valence-corrected chi connectivity index (χ3v) is 1.24. The topological polar surface area (TPSA) is 58.6 Å². The minimum Gasteiger partial charge on any atom is -0.326 e. The van der Waals surface area contributed by atoms with Gasteiger partial charge in [0.25, 0.3) is 0 Å². The summed E-state index contributed by atoms with van der Waals surface area (Å²) in [7, 11) is -2.74. The van der Waals surface area contributed by atoms with Crippen LogP contribution in [0.4, 0.5) is 0 Å². The first-order valence-corrected chi connectivity index (χ1v) is 4.45. The first-order valence-electron chi connectivity index (χ1n) is 3.19. The molecule has 0 saturated heterocycles. The zero-order valence-corrected chi connectivity index (χ0v) is 7.26. The van der Waals surface area contributed by atoms with Crippen molar-refractivity contribution in [1.82, 2.24) is 5.32 Å². The monoisotopic (exact) mass is 167 g/mol. The summed E-state index contributed by atoms with van der Waals surface area (Å²) < 4.78 is 14.3. The molecule has 0 aromatic heterocycles. The molecule has 5 heteroatoms. The standard InChI is InChI=1S/C5H14NO3P/c1-5(2)3-6-4-9-10(7)8/h5-6,10H,3-4H2,1-2H3,(H,7,8). The highest BCUT2D eigenvalue weighted by molar-refractivity contribution is 7.32. The molecule has 0 aromatic carbocycles. The van der Waals surface area contributed by atoms with E-state index in [0.717, 1.165) is 6.54 Å². The normalized spacial score (nSPS) is 14.0. The van der Waals surface area contributed by atoms with Crippen molar-refractivity contribution in [3.8, 4) is 0 Å². The van der Waals surface area contributed by atoms with Gasteiger partial charge in [-0.05, 0) is 12.5 Å². The second-order valence-corrected chi connectivity index (χ2v) is 3.22. The summed E-state index contributed by atoms with van der Waals surface area (Å²) in [5.74, 6) is 0.532. The molecule has 1 atom stereocenters. The smallest absolute Gasteiger partial charge is 0.317 e. The van der Waals surface area contributed by atoms with Gasteiger partial charge < -0.3 is 4.89 Å². The van der Waals surface area contributed by atoms with Gasteiger partial charge in [-0.3, -0.25) is 14.4 Å². The Bertz CT molecular complexity index is 107. The molecule has 62 valence electrons. The number of nitrogens with one attached hydrogen (secondary N) is 1. The molecule has 0 aliphatic carbocycles. The fourth-order valence-electron chi connectivity index (χ4n) is 0.460. The van der Waals surface area contributed by atoms with Crippen LogP contribution in [0.1, 0.15) is 13.8 Å². The van der Waals surface area contributed by atoms with Crippen LogP contribution in [-0.2, 0) is 9.09 Å². The van der Waals surface area contributed by atoms with E-state index in [9.17, 15) is 4.57 Å². The largest absolute Gasteiger partial charge is 0.326 e. The Hall–Kier alpha value is 0.110. The molecule has 0 spiro atoms. The Kier molecular flexibility index (Phi) is 5.93. The zero-order valence-electron chi connectivity index (χ0n) is 6.26. The predicted octanol–water partition coefficient (Wildman–Crippen LogP) is 0.588. The first kappa shape index (κ1) is 10.1. The maximum absolute atomic E-state index is 9.97. The highest BCUT2D eigenvalue weighted by Crippen LogP contribution is 2.12. The Morgan fingerprint density at radius 1 is 1.70 bits per heavy atom. The molecule has 0 aliphatic rings. The van der Waals surface area contributed by atoms with Crippen molar-refractivity contribution in [3.05, 3.63) is 0 Å². The molecule has 0 amide bonds. The van der Waals surface area contributed by atoms with E-state index in [1.807, 2.05) is 0 Å². The van der Waals surface area contributed by atoms with Crippen LogP contribution in [0.25, 0.3) is 0 Å². The highest BCUT2D eigenvalue weighted by atomic mass is 31.1. The summed E-state index contributed by atoms with van der Waals surface area (Å²) in [5.41, 5.74) is 0. The van der Waals surface area contributed by atoms with Crippen LogP contribution in [-0.4, -0.2) is 18.2 Å². The van der Waals surface area contributed by atoms with Gasteiger partial charge in [0.2, 0.25) is 0 Å². The molecule has 0 saturated carbocycles. The Morgan fingerprint density at radius 3 is 2.70 bits per heavy atom. The summed E-state index contributed by atoms with van der Waals surface area (Å²) in [6.45, 7) is 5.06. The Balaban J connectivity index is 2.98. The molecule has 0 aliphatic heterocycles. The van der Waals surface area contributed by atoms with Crippen molar-refractivity contribution in [2.75, 3.05) is 13.3 Å². The summed E-state index contributed by atoms with van der Waals surface area (Å²) in [4.78, 5) is 8.20. The average molecular weight is 167 g/mol. The van der Waals surface area contributed by atoms with Crippen molar-refractivity contribution < 1.29 is 14.0 Å². The lowest BCUT2D eigenvalue weighted by atomic mass is 10.2. The maximum Gasteiger partial charge on any atom is 0.317 e. The third-order valence-electron chi connectivity index (χ3n) is 0.850. The Morgan fingerprint density at radius 2 is 2.30 bits per heavy atom. The SMILES string of the molecule is CC(C)CNCO[PH](=O)O. The number of rotatable bonds is 5. The quantitative estimate of drug-likeness (QED) is 0.357. The molecule has 0 rings (SSSR count). The molecule has 2 N–H and O–H groups in total. The van der Waals surface area contributed by atoms with Crippen LogP contribution in [0.5, 0.6) is 0 Å². The molecule has 4 nitrogen and oxygen atoms in total. The van der Waals surface area contributed by atoms with E-state index in [4.69, 9.17) is 4.89 Å². The average Bonchev–Trinajstić information content (AvgIpc) is 1.79. The maximum atomic E-state index is 9.97. The summed E-state index contributed by atoms with van der Waals surface area (Å²) in [6.07, 6.45) is 0. The molecular weight excluding hydrogens is 153 g/mol. The molecule has 0 radical (unpaired) electrons. The first-order chi connectivity index (χ1) is 4.63. The molecule has 0 fully saturated rings. The van der Waals surface area contributed by atoms with E-state index >= 15 is 0 Å². The van der Waals surface area contributed by atoms with Crippen LogP contribution in [0.2, 0.25) is 0 Å². The fraction of sp³-hybridized carbons (Fsp3) is 1.00. The second-order valence-electron chi connectivity index (χ2n) is 2.40. The van der Waals surface area contributed by atoms with E-state index in [1.54, 1.807) is 0 Å². The summed E-state index contributed by atoms with van der Waals surface area (Å²) in [5, 5.41) is 2.86. The van der Waals surface area contributed by atoms with Crippen molar-refractivity contribution >= 4 is 8.25 Å². The van der Waals surface area contributed by atoms with Crippen molar-refractivity contribution in [2.24, 2.45) is 5.92 Å². The van der Waals surface area contributed by atoms with Gasteiger partial charge in [-0.1, -0.05) is 13.8 Å². The lowest BCUT2D eigenvalue weighted by Crippen LogP contribution is -2.21. The second kappa shape index (κ2) is 5.86. The van der Waals surface area contributed by atoms with E-state index in [0.29, 0.717) is 5.92 Å². The van der Waals surface area contributed by atoms with Crippen LogP contribution >= 0.6 is 8.25 Å². The van der Waals surface area contributed by atoms with E-state index in [2.05, 4.69) is 23.7 Å². The van der Waals surface area contributed by atoms with Crippen molar-refractivity contribution in [3.63, 3.8) is 0 Å². The van der Waals surface area contributed by atoms with Crippen LogP contribution in [0, 0.1) is 5.92 Å². The minimum atomic E-state index is -2.74. The van der Waals surface area contributed by atoms with Gasteiger partial charge in [0, 0.05) is 0 Å². The predicted molar refractivity (Wildman–Crippen MR) is 40.0 cm³/mol. The van der Waals surface area contributed by atoms with E-state index < -0.39 is 8.25 Å². The fourth-order valence-corrected chi connectivity index (χ4v) is 0.686. The molecule has 10 heavy (non-hydrogen) atoms. The van der Waals surface area contributed by atoms with Crippen LogP contribution in [0.15, 0.2) is 0 Å². The van der Waals surface area contributed by atoms with E-state index in [-0.39, 0.29) is 6.73 Å². The minimum absolute atomic E-state index is 0.159. The lowest BCUT2D eigenvalue weighted by molar-refractivity contribution is 0.252. The van der Waals surface area contributed by atoms with Gasteiger partial charge in [-0.25, -0.2) is 0 Å². The van der Waals surface area contributed by atoms with Crippen molar-refractivity contribution in [1.29, 1.82) is 0 Å². The van der Waals surface area contributed by atoms with Gasteiger partial charge in [0.05, 0.1) is 0 Å². The number of hydrogen-bond acceptors (Lipinski definition) is 3. The molecule has 0 bridgehead atoms. The van der Waals surface area contributed by atoms with Gasteiger partial charge in [0.1, 0.15) is 6.73 Å². The van der Waals surface area contributed by atoms with Gasteiger partial charge in [0.15, 0.2) is 0 Å². The molecule has 0 heterocycles. The van der Waals surface area contributed by atoms with Gasteiger partial charge >= 0.3 is 8.25 Å². The Labute approximate surface area is 61.5 Å². The third kappa shape index (κ3) is 8.11. The highest BCUT2D eigenvalue weighted by Gasteiger charge is 1.93. The molecular formula is C5H14NO3P. The van der Waals surface area contributed by atoms with Crippen LogP contribution in [0.3, 0.4) is 0 Å². The van der Waals surface area contributed by atoms with Crippen molar-refractivity contribution in [2.45, 2.75) is 13.8 Å². The summed E-state index contributed by atoms with van der Waals surface area (Å²) >= 11 is 0. The molecule has 1 unspecified atom stereocenters.